The molecule has 4 rings (SSSR count). The molecule has 0 N–H and O–H groups in total. The summed E-state index contributed by atoms with van der Waals surface area (Å²) in [5.74, 6) is 1.80. The monoisotopic (exact) mass is 416 g/mol. The van der Waals surface area contributed by atoms with Crippen molar-refractivity contribution in [2.75, 3.05) is 13.1 Å². The zero-order valence-corrected chi connectivity index (χ0v) is 18.2. The third kappa shape index (κ3) is 3.67. The highest BCUT2D eigenvalue weighted by molar-refractivity contribution is 7.89. The van der Waals surface area contributed by atoms with Gasteiger partial charge in [0.15, 0.2) is 5.03 Å². The van der Waals surface area contributed by atoms with Gasteiger partial charge >= 0.3 is 0 Å². The smallest absolute Gasteiger partial charge is 0.262 e. The molecular formula is C21H28N4O3S. The molecule has 29 heavy (non-hydrogen) atoms. The molecule has 1 saturated heterocycles. The van der Waals surface area contributed by atoms with E-state index in [9.17, 15) is 8.42 Å². The van der Waals surface area contributed by atoms with E-state index in [2.05, 4.69) is 21.7 Å². The quantitative estimate of drug-likeness (QED) is 0.640. The van der Waals surface area contributed by atoms with E-state index < -0.39 is 10.0 Å². The Hall–Kier alpha value is -2.32. The van der Waals surface area contributed by atoms with Crippen LogP contribution in [0, 0.1) is 0 Å². The van der Waals surface area contributed by atoms with Gasteiger partial charge in [0.05, 0.1) is 5.52 Å². The molecule has 0 radical (unpaired) electrons. The van der Waals surface area contributed by atoms with Crippen molar-refractivity contribution in [3.05, 3.63) is 42.5 Å². The van der Waals surface area contributed by atoms with Gasteiger partial charge in [-0.15, -0.1) is 0 Å². The van der Waals surface area contributed by atoms with Gasteiger partial charge in [0.1, 0.15) is 17.7 Å². The van der Waals surface area contributed by atoms with Crippen molar-refractivity contribution in [2.45, 2.75) is 43.7 Å². The van der Waals surface area contributed by atoms with E-state index in [1.54, 1.807) is 10.8 Å². The molecular weight excluding hydrogens is 388 g/mol. The number of nitrogens with zero attached hydrogens (tertiary/aromatic N) is 4. The molecule has 7 nitrogen and oxygen atoms in total. The van der Waals surface area contributed by atoms with Crippen LogP contribution in [-0.2, 0) is 24.1 Å². The number of aryl methyl sites for hydroxylation is 2. The molecule has 1 fully saturated rings. The number of hydrogen-bond donors (Lipinski definition) is 0. The van der Waals surface area contributed by atoms with Crippen molar-refractivity contribution in [2.24, 2.45) is 14.1 Å². The number of imidazole rings is 1. The Labute approximate surface area is 172 Å². The highest BCUT2D eigenvalue weighted by atomic mass is 32.2. The number of aromatic nitrogens is 3. The molecule has 1 aliphatic rings. The van der Waals surface area contributed by atoms with Crippen molar-refractivity contribution in [1.29, 1.82) is 0 Å². The van der Waals surface area contributed by atoms with Gasteiger partial charge in [-0.05, 0) is 31.0 Å². The number of piperidine rings is 1. The molecule has 0 atom stereocenters. The van der Waals surface area contributed by atoms with E-state index in [0.717, 1.165) is 22.5 Å². The molecule has 1 aromatic carbocycles. The second-order valence-electron chi connectivity index (χ2n) is 8.04. The first-order valence-corrected chi connectivity index (χ1v) is 11.5. The molecule has 0 unspecified atom stereocenters. The molecule has 0 amide bonds. The van der Waals surface area contributed by atoms with Crippen LogP contribution in [0.4, 0.5) is 0 Å². The van der Waals surface area contributed by atoms with Crippen LogP contribution in [0.1, 0.15) is 38.4 Å². The summed E-state index contributed by atoms with van der Waals surface area (Å²) in [6.45, 7) is 4.89. The van der Waals surface area contributed by atoms with Crippen LogP contribution in [-0.4, -0.2) is 46.0 Å². The second kappa shape index (κ2) is 7.50. The maximum absolute atomic E-state index is 13.0. The van der Waals surface area contributed by atoms with Crippen molar-refractivity contribution in [1.82, 2.24) is 18.4 Å². The lowest BCUT2D eigenvalue weighted by Gasteiger charge is -2.31. The molecule has 156 valence electrons. The lowest BCUT2D eigenvalue weighted by atomic mass is 10.1. The molecule has 3 aromatic rings. The fraction of sp³-hybridized carbons (Fsp3) is 0.476. The number of fused-ring (bicyclic) bond motifs is 1. The van der Waals surface area contributed by atoms with Gasteiger partial charge in [-0.1, -0.05) is 19.9 Å². The summed E-state index contributed by atoms with van der Waals surface area (Å²) in [5.41, 5.74) is 1.12. The van der Waals surface area contributed by atoms with Gasteiger partial charge in [0, 0.05) is 50.9 Å². The molecule has 0 bridgehead atoms. The van der Waals surface area contributed by atoms with E-state index in [1.165, 1.54) is 4.31 Å². The van der Waals surface area contributed by atoms with E-state index in [-0.39, 0.29) is 17.0 Å². The van der Waals surface area contributed by atoms with Crippen LogP contribution >= 0.6 is 0 Å². The highest BCUT2D eigenvalue weighted by Gasteiger charge is 2.32. The van der Waals surface area contributed by atoms with Crippen LogP contribution in [0.2, 0.25) is 0 Å². The molecule has 0 spiro atoms. The summed E-state index contributed by atoms with van der Waals surface area (Å²) < 4.78 is 37.7. The third-order valence-electron chi connectivity index (χ3n) is 5.59. The minimum Gasteiger partial charge on any atom is -0.490 e. The second-order valence-corrected chi connectivity index (χ2v) is 9.92. The van der Waals surface area contributed by atoms with E-state index in [1.807, 2.05) is 46.3 Å². The average Bonchev–Trinajstić information content (AvgIpc) is 3.27. The first-order valence-electron chi connectivity index (χ1n) is 10.0. The molecule has 0 aliphatic carbocycles. The minimum atomic E-state index is -3.58. The predicted molar refractivity (Wildman–Crippen MR) is 113 cm³/mol. The normalized spacial score (nSPS) is 16.7. The Morgan fingerprint density at radius 2 is 1.83 bits per heavy atom. The Bertz CT molecular complexity index is 1120. The summed E-state index contributed by atoms with van der Waals surface area (Å²) in [6.07, 6.45) is 4.95. The summed E-state index contributed by atoms with van der Waals surface area (Å²) in [7, 11) is 0.268. The van der Waals surface area contributed by atoms with Crippen LogP contribution in [0.5, 0.6) is 5.75 Å². The van der Waals surface area contributed by atoms with E-state index in [0.29, 0.717) is 25.9 Å². The zero-order valence-electron chi connectivity index (χ0n) is 17.4. The minimum absolute atomic E-state index is 0.00205. The fourth-order valence-electron chi connectivity index (χ4n) is 3.99. The first kappa shape index (κ1) is 20.0. The number of hydrogen-bond acceptors (Lipinski definition) is 4. The van der Waals surface area contributed by atoms with Crippen molar-refractivity contribution in [3.63, 3.8) is 0 Å². The van der Waals surface area contributed by atoms with Gasteiger partial charge in [-0.25, -0.2) is 13.4 Å². The zero-order chi connectivity index (χ0) is 20.8. The summed E-state index contributed by atoms with van der Waals surface area (Å²) in [5, 5.41) is 1.22. The van der Waals surface area contributed by atoms with Crippen LogP contribution in [0.3, 0.4) is 0 Å². The third-order valence-corrected chi connectivity index (χ3v) is 7.36. The van der Waals surface area contributed by atoms with E-state index >= 15 is 0 Å². The Kier molecular flexibility index (Phi) is 5.16. The summed E-state index contributed by atoms with van der Waals surface area (Å²) in [6, 6.07) is 8.09. The van der Waals surface area contributed by atoms with Crippen LogP contribution in [0.25, 0.3) is 10.9 Å². The van der Waals surface area contributed by atoms with Crippen molar-refractivity contribution < 1.29 is 13.2 Å². The predicted octanol–water partition coefficient (Wildman–Crippen LogP) is 3.27. The van der Waals surface area contributed by atoms with Gasteiger partial charge in [0.25, 0.3) is 10.0 Å². The summed E-state index contributed by atoms with van der Waals surface area (Å²) in [4.78, 5) is 4.38. The number of benzene rings is 1. The topological polar surface area (TPSA) is 69.4 Å². The Balaban J connectivity index is 1.45. The van der Waals surface area contributed by atoms with Gasteiger partial charge in [-0.3, -0.25) is 0 Å². The van der Waals surface area contributed by atoms with Crippen molar-refractivity contribution >= 4 is 20.9 Å². The van der Waals surface area contributed by atoms with Crippen LogP contribution in [0.15, 0.2) is 41.7 Å². The molecule has 8 heteroatoms. The maximum atomic E-state index is 13.0. The molecule has 3 heterocycles. The number of sulfonamides is 1. The summed E-state index contributed by atoms with van der Waals surface area (Å²) >= 11 is 0. The molecule has 1 aliphatic heterocycles. The van der Waals surface area contributed by atoms with E-state index in [4.69, 9.17) is 4.74 Å². The van der Waals surface area contributed by atoms with Gasteiger partial charge < -0.3 is 13.9 Å². The maximum Gasteiger partial charge on any atom is 0.262 e. The van der Waals surface area contributed by atoms with Crippen molar-refractivity contribution in [3.8, 4) is 5.75 Å². The number of rotatable bonds is 5. The van der Waals surface area contributed by atoms with Crippen LogP contribution < -0.4 is 4.74 Å². The highest BCUT2D eigenvalue weighted by Crippen LogP contribution is 2.30. The van der Waals surface area contributed by atoms with Gasteiger partial charge in [-0.2, -0.15) is 4.31 Å². The largest absolute Gasteiger partial charge is 0.490 e. The average molecular weight is 417 g/mol. The lowest BCUT2D eigenvalue weighted by Crippen LogP contribution is -2.41. The first-order chi connectivity index (χ1) is 13.8. The Morgan fingerprint density at radius 3 is 2.48 bits per heavy atom. The molecule has 0 saturated carbocycles. The standard InChI is InChI=1S/C21H28N4O3S/c1-15(2)21-22-20(14-24(21)4)29(26,27)25-12-8-16(9-13-25)28-19-7-5-6-18-17(19)10-11-23(18)3/h5-7,10-11,14-16H,8-9,12-13H2,1-4H3. The number of ether oxygens (including phenoxy) is 1. The Morgan fingerprint density at radius 1 is 1.10 bits per heavy atom. The SMILES string of the molecule is CC(C)c1nc(S(=O)(=O)N2CCC(Oc3cccc4c3ccn4C)CC2)cn1C. The fourth-order valence-corrected chi connectivity index (χ4v) is 5.45. The van der Waals surface area contributed by atoms with Gasteiger partial charge in [0.2, 0.25) is 0 Å². The lowest BCUT2D eigenvalue weighted by molar-refractivity contribution is 0.136. The molecule has 2 aromatic heterocycles.